The molecule has 3 heterocycles. The predicted molar refractivity (Wildman–Crippen MR) is 125 cm³/mol. The second kappa shape index (κ2) is 15.0. The third kappa shape index (κ3) is 13.9. The van der Waals surface area contributed by atoms with Crippen LogP contribution in [0.4, 0.5) is 0 Å². The van der Waals surface area contributed by atoms with Crippen LogP contribution in [0.3, 0.4) is 0 Å². The molecule has 0 saturated carbocycles. The van der Waals surface area contributed by atoms with E-state index in [-0.39, 0.29) is 0 Å². The van der Waals surface area contributed by atoms with E-state index in [1.165, 1.54) is 57.3 Å². The van der Waals surface area contributed by atoms with E-state index < -0.39 is 0 Å². The zero-order valence-corrected chi connectivity index (χ0v) is 20.5. The molecule has 2 fully saturated rings. The average Bonchev–Trinajstić information content (AvgIpc) is 2.96. The summed E-state index contributed by atoms with van der Waals surface area (Å²) in [6.45, 7) is 19.7. The Morgan fingerprint density at radius 3 is 1.97 bits per heavy atom. The van der Waals surface area contributed by atoms with Gasteiger partial charge in [0.2, 0.25) is 0 Å². The minimum absolute atomic E-state index is 0.787. The van der Waals surface area contributed by atoms with Crippen molar-refractivity contribution >= 4 is 0 Å². The molecule has 4 heteroatoms. The number of likely N-dealkylation sites (tertiary alicyclic amines) is 1. The van der Waals surface area contributed by atoms with Crippen molar-refractivity contribution < 1.29 is 4.74 Å². The van der Waals surface area contributed by atoms with E-state index in [1.54, 1.807) is 0 Å². The standard InChI is InChI=1S/C9H16N2.C8H17N.C8H16O/c1-8(2)4-5-9-6-10-11(3)7-9;1-8(2)4-7-9-5-3-6-9;1-7(2)3-4-8-5-9-6-8/h6-8H,4-5H2,1-3H3;8H,3-7H2,1-2H3;7-8H,3-6H2,1-2H3. The van der Waals surface area contributed by atoms with Gasteiger partial charge in [-0.05, 0) is 75.1 Å². The van der Waals surface area contributed by atoms with E-state index in [0.29, 0.717) is 0 Å². The second-order valence-electron chi connectivity index (χ2n) is 10.2. The van der Waals surface area contributed by atoms with Crippen LogP contribution < -0.4 is 0 Å². The molecule has 0 radical (unpaired) electrons. The minimum atomic E-state index is 0.787. The molecule has 29 heavy (non-hydrogen) atoms. The maximum atomic E-state index is 5.07. The van der Waals surface area contributed by atoms with E-state index in [9.17, 15) is 0 Å². The summed E-state index contributed by atoms with van der Waals surface area (Å²) in [7, 11) is 1.96. The Balaban J connectivity index is 0.000000219. The van der Waals surface area contributed by atoms with Crippen LogP contribution >= 0.6 is 0 Å². The lowest BCUT2D eigenvalue weighted by molar-refractivity contribution is -0.0374. The van der Waals surface area contributed by atoms with Gasteiger partial charge in [0, 0.05) is 19.2 Å². The van der Waals surface area contributed by atoms with Crippen LogP contribution in [0.2, 0.25) is 0 Å². The third-order valence-electron chi connectivity index (χ3n) is 5.60. The Morgan fingerprint density at radius 1 is 0.966 bits per heavy atom. The Morgan fingerprint density at radius 2 is 1.59 bits per heavy atom. The minimum Gasteiger partial charge on any atom is -0.381 e. The van der Waals surface area contributed by atoms with Crippen molar-refractivity contribution in [1.82, 2.24) is 14.7 Å². The van der Waals surface area contributed by atoms with Crippen molar-refractivity contribution in [2.75, 3.05) is 32.8 Å². The molecule has 0 spiro atoms. The summed E-state index contributed by atoms with van der Waals surface area (Å²) in [5.41, 5.74) is 1.35. The van der Waals surface area contributed by atoms with Gasteiger partial charge in [0.05, 0.1) is 19.4 Å². The Kier molecular flexibility index (Phi) is 13.5. The van der Waals surface area contributed by atoms with E-state index in [0.717, 1.165) is 43.3 Å². The van der Waals surface area contributed by atoms with Gasteiger partial charge in [-0.25, -0.2) is 0 Å². The van der Waals surface area contributed by atoms with Gasteiger partial charge < -0.3 is 9.64 Å². The Labute approximate surface area is 181 Å². The quantitative estimate of drug-likeness (QED) is 0.517. The second-order valence-corrected chi connectivity index (χ2v) is 10.2. The lowest BCUT2D eigenvalue weighted by Crippen LogP contribution is -2.38. The molecule has 2 saturated heterocycles. The summed E-state index contributed by atoms with van der Waals surface area (Å²) in [5.74, 6) is 3.43. The third-order valence-corrected chi connectivity index (χ3v) is 5.60. The first kappa shape index (κ1) is 26.2. The summed E-state index contributed by atoms with van der Waals surface area (Å²) in [6, 6.07) is 0. The van der Waals surface area contributed by atoms with Crippen LogP contribution in [0, 0.1) is 23.7 Å². The number of hydrogen-bond donors (Lipinski definition) is 0. The predicted octanol–water partition coefficient (Wildman–Crippen LogP) is 5.82. The fourth-order valence-corrected chi connectivity index (χ4v) is 3.12. The van der Waals surface area contributed by atoms with Gasteiger partial charge in [0.1, 0.15) is 0 Å². The van der Waals surface area contributed by atoms with E-state index in [2.05, 4.69) is 57.7 Å². The van der Waals surface area contributed by atoms with Gasteiger partial charge >= 0.3 is 0 Å². The van der Waals surface area contributed by atoms with Crippen LogP contribution in [0.1, 0.15) is 79.2 Å². The molecule has 0 atom stereocenters. The van der Waals surface area contributed by atoms with Gasteiger partial charge in [-0.3, -0.25) is 4.68 Å². The molecule has 0 amide bonds. The lowest BCUT2D eigenvalue weighted by atomic mass is 9.97. The van der Waals surface area contributed by atoms with Crippen molar-refractivity contribution in [1.29, 1.82) is 0 Å². The summed E-state index contributed by atoms with van der Waals surface area (Å²) >= 11 is 0. The Hall–Kier alpha value is -0.870. The number of aromatic nitrogens is 2. The molecule has 0 N–H and O–H groups in total. The molecule has 3 rings (SSSR count). The molecule has 170 valence electrons. The lowest BCUT2D eigenvalue weighted by Gasteiger charge is -2.31. The first-order chi connectivity index (χ1) is 13.8. The number of nitrogens with zero attached hydrogens (tertiary/aromatic N) is 3. The first-order valence-electron chi connectivity index (χ1n) is 12.0. The molecule has 1 aromatic heterocycles. The van der Waals surface area contributed by atoms with E-state index in [1.807, 2.05) is 17.9 Å². The number of hydrogen-bond acceptors (Lipinski definition) is 3. The van der Waals surface area contributed by atoms with E-state index >= 15 is 0 Å². The van der Waals surface area contributed by atoms with Crippen molar-refractivity contribution in [2.45, 2.75) is 80.1 Å². The SMILES string of the molecule is CC(C)CCC1COC1.CC(C)CCN1CCC1.CC(C)CCc1cnn(C)c1. The first-order valence-corrected chi connectivity index (χ1v) is 12.0. The molecule has 2 aliphatic heterocycles. The van der Waals surface area contributed by atoms with Crippen molar-refractivity contribution in [3.05, 3.63) is 18.0 Å². The van der Waals surface area contributed by atoms with Crippen LogP contribution in [0.15, 0.2) is 12.4 Å². The van der Waals surface area contributed by atoms with Crippen LogP contribution in [0.25, 0.3) is 0 Å². The topological polar surface area (TPSA) is 30.3 Å². The number of aryl methyl sites for hydroxylation is 2. The van der Waals surface area contributed by atoms with Crippen molar-refractivity contribution in [3.8, 4) is 0 Å². The monoisotopic (exact) mass is 407 g/mol. The molecular formula is C25H49N3O. The largest absolute Gasteiger partial charge is 0.381 e. The summed E-state index contributed by atoms with van der Waals surface area (Å²) < 4.78 is 6.92. The highest BCUT2D eigenvalue weighted by molar-refractivity contribution is 5.03. The summed E-state index contributed by atoms with van der Waals surface area (Å²) in [5, 5.41) is 4.11. The molecule has 1 aromatic rings. The van der Waals surface area contributed by atoms with Crippen LogP contribution in [-0.2, 0) is 18.2 Å². The van der Waals surface area contributed by atoms with Crippen LogP contribution in [-0.4, -0.2) is 47.5 Å². The number of ether oxygens (including phenoxy) is 1. The Bertz CT molecular complexity index is 480. The molecule has 4 nitrogen and oxygen atoms in total. The van der Waals surface area contributed by atoms with Gasteiger partial charge in [-0.15, -0.1) is 0 Å². The molecule has 0 aromatic carbocycles. The van der Waals surface area contributed by atoms with Gasteiger partial charge in [-0.2, -0.15) is 5.10 Å². The zero-order chi connectivity index (χ0) is 21.6. The highest BCUT2D eigenvalue weighted by Gasteiger charge is 2.17. The fourth-order valence-electron chi connectivity index (χ4n) is 3.12. The van der Waals surface area contributed by atoms with Crippen LogP contribution in [0.5, 0.6) is 0 Å². The molecule has 0 unspecified atom stereocenters. The average molecular weight is 408 g/mol. The van der Waals surface area contributed by atoms with Gasteiger partial charge in [0.15, 0.2) is 0 Å². The van der Waals surface area contributed by atoms with Crippen molar-refractivity contribution in [2.24, 2.45) is 30.7 Å². The van der Waals surface area contributed by atoms with Gasteiger partial charge in [0.25, 0.3) is 0 Å². The molecule has 2 aliphatic rings. The maximum Gasteiger partial charge on any atom is 0.0521 e. The maximum absolute atomic E-state index is 5.07. The summed E-state index contributed by atoms with van der Waals surface area (Å²) in [4.78, 5) is 2.53. The highest BCUT2D eigenvalue weighted by atomic mass is 16.5. The molecular weight excluding hydrogens is 358 g/mol. The van der Waals surface area contributed by atoms with E-state index in [4.69, 9.17) is 4.74 Å². The molecule has 0 bridgehead atoms. The smallest absolute Gasteiger partial charge is 0.0521 e. The molecule has 0 aliphatic carbocycles. The number of rotatable bonds is 9. The fraction of sp³-hybridized carbons (Fsp3) is 0.880. The van der Waals surface area contributed by atoms with Gasteiger partial charge in [-0.1, -0.05) is 48.0 Å². The normalized spacial score (nSPS) is 16.8. The van der Waals surface area contributed by atoms with Crippen molar-refractivity contribution in [3.63, 3.8) is 0 Å². The zero-order valence-electron chi connectivity index (χ0n) is 20.5. The highest BCUT2D eigenvalue weighted by Crippen LogP contribution is 2.18. The summed E-state index contributed by atoms with van der Waals surface area (Å²) in [6.07, 6.45) is 12.0.